The maximum absolute atomic E-state index is 13.1. The van der Waals surface area contributed by atoms with Gasteiger partial charge in [-0.3, -0.25) is 4.90 Å². The number of carbonyl (C=O) groups is 1. The molecule has 1 aliphatic rings. The molecule has 0 saturated carbocycles. The van der Waals surface area contributed by atoms with E-state index in [-0.39, 0.29) is 17.1 Å². The molecule has 8 nitrogen and oxygen atoms in total. The predicted molar refractivity (Wildman–Crippen MR) is 112 cm³/mol. The molecule has 0 bridgehead atoms. The van der Waals surface area contributed by atoms with Crippen LogP contribution in [0.3, 0.4) is 0 Å². The maximum atomic E-state index is 13.1. The number of fused-ring (bicyclic) bond motifs is 3. The summed E-state index contributed by atoms with van der Waals surface area (Å²) < 4.78 is 32.7. The van der Waals surface area contributed by atoms with Crippen LogP contribution in [0.1, 0.15) is 38.0 Å². The lowest BCUT2D eigenvalue weighted by Crippen LogP contribution is -2.36. The van der Waals surface area contributed by atoms with Crippen LogP contribution in [0.2, 0.25) is 0 Å². The molecule has 3 aromatic rings. The van der Waals surface area contributed by atoms with Crippen LogP contribution in [0, 0.1) is 6.92 Å². The van der Waals surface area contributed by atoms with E-state index in [2.05, 4.69) is 4.98 Å². The summed E-state index contributed by atoms with van der Waals surface area (Å²) in [7, 11) is -3.86. The standard InChI is InChI=1S/C21H23N3O5S/c1-13-5-7-14(8-6-13)30(27,28)24-10-9-15-18-16(11-22-19(15)24)23(12-17(18)25)20(26)29-21(2,3)4/h5-11,17,25H,12H2,1-4H3. The van der Waals surface area contributed by atoms with Gasteiger partial charge in [-0.25, -0.2) is 22.2 Å². The molecule has 3 heterocycles. The zero-order chi connectivity index (χ0) is 21.8. The van der Waals surface area contributed by atoms with Crippen molar-refractivity contribution in [3.63, 3.8) is 0 Å². The number of aliphatic hydroxyl groups excluding tert-OH is 1. The zero-order valence-electron chi connectivity index (χ0n) is 17.2. The Labute approximate surface area is 174 Å². The number of amides is 1. The summed E-state index contributed by atoms with van der Waals surface area (Å²) in [4.78, 5) is 18.3. The number of β-amino-alcohol motifs (C(OH)–C–C–N with tert-alkyl or cyclic N) is 1. The Morgan fingerprint density at radius 3 is 2.50 bits per heavy atom. The molecule has 1 N–H and O–H groups in total. The lowest BCUT2D eigenvalue weighted by atomic mass is 10.1. The van der Waals surface area contributed by atoms with Crippen LogP contribution in [-0.4, -0.2) is 40.7 Å². The fourth-order valence-corrected chi connectivity index (χ4v) is 4.81. The minimum atomic E-state index is -3.86. The van der Waals surface area contributed by atoms with Gasteiger partial charge in [-0.1, -0.05) is 17.7 Å². The fourth-order valence-electron chi connectivity index (χ4n) is 3.51. The smallest absolute Gasteiger partial charge is 0.414 e. The van der Waals surface area contributed by atoms with E-state index in [0.717, 1.165) is 9.54 Å². The average Bonchev–Trinajstić information content (AvgIpc) is 3.22. The van der Waals surface area contributed by atoms with Crippen LogP contribution in [-0.2, 0) is 14.8 Å². The predicted octanol–water partition coefficient (Wildman–Crippen LogP) is 3.37. The summed E-state index contributed by atoms with van der Waals surface area (Å²) in [5.41, 5.74) is 1.33. The van der Waals surface area contributed by atoms with E-state index < -0.39 is 27.8 Å². The van der Waals surface area contributed by atoms with Crippen molar-refractivity contribution >= 4 is 32.8 Å². The summed E-state index contributed by atoms with van der Waals surface area (Å²) >= 11 is 0. The molecule has 4 rings (SSSR count). The molecular weight excluding hydrogens is 406 g/mol. The van der Waals surface area contributed by atoms with Gasteiger partial charge in [-0.05, 0) is 45.9 Å². The Bertz CT molecular complexity index is 1240. The van der Waals surface area contributed by atoms with Gasteiger partial charge >= 0.3 is 6.09 Å². The molecule has 30 heavy (non-hydrogen) atoms. The van der Waals surface area contributed by atoms with Gasteiger partial charge in [0.2, 0.25) is 0 Å². The van der Waals surface area contributed by atoms with Crippen LogP contribution < -0.4 is 4.90 Å². The second kappa shape index (κ2) is 6.82. The molecule has 0 saturated heterocycles. The molecule has 2 aromatic heterocycles. The van der Waals surface area contributed by atoms with E-state index in [9.17, 15) is 18.3 Å². The normalized spacial score (nSPS) is 16.7. The second-order valence-electron chi connectivity index (χ2n) is 8.33. The molecule has 1 amide bonds. The van der Waals surface area contributed by atoms with E-state index in [1.807, 2.05) is 6.92 Å². The Balaban J connectivity index is 1.80. The van der Waals surface area contributed by atoms with Crippen LogP contribution in [0.25, 0.3) is 11.0 Å². The van der Waals surface area contributed by atoms with Crippen molar-refractivity contribution in [1.82, 2.24) is 8.96 Å². The number of hydrogen-bond donors (Lipinski definition) is 1. The summed E-state index contributed by atoms with van der Waals surface area (Å²) in [6, 6.07) is 8.14. The Morgan fingerprint density at radius 2 is 1.87 bits per heavy atom. The number of hydrogen-bond acceptors (Lipinski definition) is 6. The minimum absolute atomic E-state index is 0.0148. The molecule has 0 radical (unpaired) electrons. The highest BCUT2D eigenvalue weighted by molar-refractivity contribution is 7.90. The number of ether oxygens (including phenoxy) is 1. The van der Waals surface area contributed by atoms with Crippen LogP contribution in [0.4, 0.5) is 10.5 Å². The van der Waals surface area contributed by atoms with Crippen molar-refractivity contribution in [3.8, 4) is 0 Å². The summed E-state index contributed by atoms with van der Waals surface area (Å²) in [6.07, 6.45) is 1.25. The number of carbonyl (C=O) groups excluding carboxylic acids is 1. The quantitative estimate of drug-likeness (QED) is 0.670. The van der Waals surface area contributed by atoms with Crippen LogP contribution in [0.5, 0.6) is 0 Å². The third-order valence-electron chi connectivity index (χ3n) is 4.87. The molecule has 9 heteroatoms. The van der Waals surface area contributed by atoms with Gasteiger partial charge in [0.05, 0.1) is 29.4 Å². The molecule has 0 fully saturated rings. The monoisotopic (exact) mass is 429 g/mol. The van der Waals surface area contributed by atoms with E-state index in [1.54, 1.807) is 51.1 Å². The Morgan fingerprint density at radius 1 is 1.20 bits per heavy atom. The first-order chi connectivity index (χ1) is 14.0. The molecule has 1 aromatic carbocycles. The number of pyridine rings is 1. The van der Waals surface area contributed by atoms with E-state index in [1.165, 1.54) is 17.3 Å². The van der Waals surface area contributed by atoms with Crippen molar-refractivity contribution in [3.05, 3.63) is 53.9 Å². The summed E-state index contributed by atoms with van der Waals surface area (Å²) in [5, 5.41) is 11.1. The minimum Gasteiger partial charge on any atom is -0.443 e. The number of rotatable bonds is 2. The first kappa shape index (κ1) is 20.4. The average molecular weight is 429 g/mol. The van der Waals surface area contributed by atoms with Gasteiger partial charge in [0.15, 0.2) is 5.65 Å². The largest absolute Gasteiger partial charge is 0.443 e. The van der Waals surface area contributed by atoms with Gasteiger partial charge in [0, 0.05) is 17.1 Å². The highest BCUT2D eigenvalue weighted by Gasteiger charge is 2.36. The Kier molecular flexibility index (Phi) is 4.63. The number of aryl methyl sites for hydroxylation is 1. The number of anilines is 1. The summed E-state index contributed by atoms with van der Waals surface area (Å²) in [5.74, 6) is 0. The summed E-state index contributed by atoms with van der Waals surface area (Å²) in [6.45, 7) is 7.17. The third kappa shape index (κ3) is 3.33. The van der Waals surface area contributed by atoms with Crippen molar-refractivity contribution in [1.29, 1.82) is 0 Å². The molecule has 158 valence electrons. The highest BCUT2D eigenvalue weighted by Crippen LogP contribution is 2.40. The van der Waals surface area contributed by atoms with Crippen molar-refractivity contribution < 1.29 is 23.1 Å². The van der Waals surface area contributed by atoms with Gasteiger partial charge in [-0.15, -0.1) is 0 Å². The van der Waals surface area contributed by atoms with Crippen LogP contribution >= 0.6 is 0 Å². The van der Waals surface area contributed by atoms with E-state index >= 15 is 0 Å². The molecule has 0 aliphatic carbocycles. The van der Waals surface area contributed by atoms with Gasteiger partial charge in [-0.2, -0.15) is 0 Å². The lowest BCUT2D eigenvalue weighted by Gasteiger charge is -2.24. The molecule has 1 atom stereocenters. The SMILES string of the molecule is Cc1ccc(S(=O)(=O)n2ccc3c4c(cnc32)N(C(=O)OC(C)(C)C)CC4O)cc1. The number of aliphatic hydroxyl groups is 1. The van der Waals surface area contributed by atoms with Gasteiger partial charge in [0.1, 0.15) is 5.60 Å². The van der Waals surface area contributed by atoms with Gasteiger partial charge < -0.3 is 9.84 Å². The van der Waals surface area contributed by atoms with Crippen molar-refractivity contribution in [2.75, 3.05) is 11.4 Å². The molecule has 1 aliphatic heterocycles. The van der Waals surface area contributed by atoms with Gasteiger partial charge in [0.25, 0.3) is 10.0 Å². The molecular formula is C21H23N3O5S. The topological polar surface area (TPSA) is 102 Å². The Hall–Kier alpha value is -2.91. The number of benzene rings is 1. The fraction of sp³-hybridized carbons (Fsp3) is 0.333. The van der Waals surface area contributed by atoms with E-state index in [4.69, 9.17) is 4.74 Å². The van der Waals surface area contributed by atoms with E-state index in [0.29, 0.717) is 16.6 Å². The van der Waals surface area contributed by atoms with Crippen molar-refractivity contribution in [2.45, 2.75) is 44.3 Å². The maximum Gasteiger partial charge on any atom is 0.414 e. The molecule has 1 unspecified atom stereocenters. The number of nitrogens with zero attached hydrogens (tertiary/aromatic N) is 3. The van der Waals surface area contributed by atoms with Crippen molar-refractivity contribution in [2.24, 2.45) is 0 Å². The first-order valence-corrected chi connectivity index (χ1v) is 10.9. The lowest BCUT2D eigenvalue weighted by molar-refractivity contribution is 0.0568. The highest BCUT2D eigenvalue weighted by atomic mass is 32.2. The first-order valence-electron chi connectivity index (χ1n) is 9.50. The zero-order valence-corrected chi connectivity index (χ0v) is 18.0. The molecule has 0 spiro atoms. The third-order valence-corrected chi connectivity index (χ3v) is 6.55. The van der Waals surface area contributed by atoms with Crippen LogP contribution in [0.15, 0.2) is 47.6 Å². The second-order valence-corrected chi connectivity index (χ2v) is 10.1. The number of aromatic nitrogens is 2.